The quantitative estimate of drug-likeness (QED) is 0.755. The predicted molar refractivity (Wildman–Crippen MR) is 70.6 cm³/mol. The van der Waals surface area contributed by atoms with E-state index in [4.69, 9.17) is 0 Å². The molecule has 0 unspecified atom stereocenters. The van der Waals surface area contributed by atoms with Crippen molar-refractivity contribution in [3.05, 3.63) is 6.33 Å². The summed E-state index contributed by atoms with van der Waals surface area (Å²) in [7, 11) is -5.10. The minimum atomic E-state index is -3.88. The number of nitrogens with one attached hydrogen (secondary N) is 1. The van der Waals surface area contributed by atoms with Crippen LogP contribution >= 0.6 is 0 Å². The Morgan fingerprint density at radius 2 is 1.85 bits per heavy atom. The Morgan fingerprint density at radius 3 is 2.40 bits per heavy atom. The fourth-order valence-electron chi connectivity index (χ4n) is 1.95. The second-order valence-corrected chi connectivity index (χ2v) is 8.40. The number of nitrogens with zero attached hydrogens (tertiary/aromatic N) is 4. The second-order valence-electron chi connectivity index (χ2n) is 4.79. The number of hydrogen-bond donors (Lipinski definition) is 1. The van der Waals surface area contributed by atoms with Crippen LogP contribution in [0.25, 0.3) is 0 Å². The first-order valence-corrected chi connectivity index (χ1v) is 8.98. The first-order valence-electron chi connectivity index (χ1n) is 6.10. The van der Waals surface area contributed by atoms with Crippen molar-refractivity contribution in [2.24, 2.45) is 0 Å². The van der Waals surface area contributed by atoms with Gasteiger partial charge in [0.25, 0.3) is 15.2 Å². The van der Waals surface area contributed by atoms with E-state index in [0.29, 0.717) is 4.09 Å². The molecule has 0 bridgehead atoms. The zero-order valence-electron chi connectivity index (χ0n) is 11.2. The molecular weight excluding hydrogens is 306 g/mol. The lowest BCUT2D eigenvalue weighted by Gasteiger charge is -2.10. The van der Waals surface area contributed by atoms with Gasteiger partial charge in [-0.05, 0) is 12.8 Å². The van der Waals surface area contributed by atoms with Crippen molar-refractivity contribution < 1.29 is 16.8 Å². The van der Waals surface area contributed by atoms with Crippen molar-refractivity contribution >= 4 is 20.2 Å². The van der Waals surface area contributed by atoms with Gasteiger partial charge in [-0.1, -0.05) is 12.8 Å². The van der Waals surface area contributed by atoms with Gasteiger partial charge in [0.1, 0.15) is 6.33 Å². The molecule has 1 aromatic rings. The first kappa shape index (κ1) is 15.4. The van der Waals surface area contributed by atoms with Gasteiger partial charge in [0.2, 0.25) is 0 Å². The lowest BCUT2D eigenvalue weighted by Crippen LogP contribution is -2.34. The average Bonchev–Trinajstić information content (AvgIpc) is 2.97. The highest BCUT2D eigenvalue weighted by molar-refractivity contribution is 7.89. The van der Waals surface area contributed by atoms with Crippen LogP contribution in [0.1, 0.15) is 25.7 Å². The Bertz CT molecular complexity index is 673. The maximum absolute atomic E-state index is 12.0. The Morgan fingerprint density at radius 1 is 1.25 bits per heavy atom. The number of sulfonamides is 1. The molecule has 114 valence electrons. The van der Waals surface area contributed by atoms with Crippen LogP contribution in [-0.2, 0) is 20.2 Å². The summed E-state index contributed by atoms with van der Waals surface area (Å²) in [6.07, 6.45) is 4.37. The largest absolute Gasteiger partial charge is 0.323 e. The second kappa shape index (κ2) is 5.39. The molecule has 11 heteroatoms. The van der Waals surface area contributed by atoms with Crippen molar-refractivity contribution in [1.29, 1.82) is 0 Å². The van der Waals surface area contributed by atoms with Crippen molar-refractivity contribution in [3.8, 4) is 0 Å². The van der Waals surface area contributed by atoms with Gasteiger partial charge >= 0.3 is 10.2 Å². The number of hydrogen-bond acceptors (Lipinski definition) is 6. The Labute approximate surface area is 118 Å². The summed E-state index contributed by atoms with van der Waals surface area (Å²) in [6, 6.07) is -0.127. The normalized spacial score (nSPS) is 17.9. The van der Waals surface area contributed by atoms with Gasteiger partial charge in [0.15, 0.2) is 0 Å². The summed E-state index contributed by atoms with van der Waals surface area (Å²) in [6.45, 7) is 0. The van der Waals surface area contributed by atoms with E-state index in [9.17, 15) is 16.8 Å². The summed E-state index contributed by atoms with van der Waals surface area (Å²) < 4.78 is 51.6. The third-order valence-corrected chi connectivity index (χ3v) is 5.95. The zero-order valence-corrected chi connectivity index (χ0v) is 12.9. The minimum Gasteiger partial charge on any atom is -0.205 e. The fraction of sp³-hybridized carbons (Fsp3) is 0.778. The highest BCUT2D eigenvalue weighted by atomic mass is 32.2. The third-order valence-electron chi connectivity index (χ3n) is 3.07. The zero-order chi connectivity index (χ0) is 15.0. The predicted octanol–water partition coefficient (Wildman–Crippen LogP) is -0.846. The monoisotopic (exact) mass is 323 g/mol. The van der Waals surface area contributed by atoms with E-state index in [0.717, 1.165) is 36.3 Å². The molecule has 20 heavy (non-hydrogen) atoms. The maximum Gasteiger partial charge on any atom is 0.323 e. The summed E-state index contributed by atoms with van der Waals surface area (Å²) >= 11 is 0. The summed E-state index contributed by atoms with van der Waals surface area (Å²) in [4.78, 5) is 3.57. The molecule has 1 aromatic heterocycles. The van der Waals surface area contributed by atoms with Crippen LogP contribution < -0.4 is 4.72 Å². The molecule has 0 radical (unpaired) electrons. The van der Waals surface area contributed by atoms with Crippen LogP contribution in [0.5, 0.6) is 0 Å². The van der Waals surface area contributed by atoms with E-state index in [1.54, 1.807) is 0 Å². The summed E-state index contributed by atoms with van der Waals surface area (Å²) in [5.41, 5.74) is 0. The topological polar surface area (TPSA) is 114 Å². The minimum absolute atomic E-state index is 0.127. The average molecular weight is 323 g/mol. The molecule has 0 aliphatic heterocycles. The molecular formula is C9H17N5O4S2. The maximum atomic E-state index is 12.0. The van der Waals surface area contributed by atoms with Gasteiger partial charge in [0, 0.05) is 20.1 Å². The van der Waals surface area contributed by atoms with E-state index >= 15 is 0 Å². The molecule has 1 heterocycles. The number of rotatable bonds is 5. The van der Waals surface area contributed by atoms with Gasteiger partial charge in [-0.25, -0.2) is 18.1 Å². The van der Waals surface area contributed by atoms with E-state index in [2.05, 4.69) is 14.8 Å². The van der Waals surface area contributed by atoms with E-state index in [1.807, 2.05) is 0 Å². The molecule has 0 aromatic carbocycles. The van der Waals surface area contributed by atoms with Crippen LogP contribution in [0.4, 0.5) is 0 Å². The molecule has 1 saturated carbocycles. The highest BCUT2D eigenvalue weighted by Gasteiger charge is 2.28. The molecule has 2 rings (SSSR count). The van der Waals surface area contributed by atoms with Crippen molar-refractivity contribution in [3.63, 3.8) is 0 Å². The molecule has 0 spiro atoms. The molecule has 1 N–H and O–H groups in total. The molecule has 1 fully saturated rings. The van der Waals surface area contributed by atoms with Crippen molar-refractivity contribution in [1.82, 2.24) is 23.2 Å². The summed E-state index contributed by atoms with van der Waals surface area (Å²) in [5, 5.41) is 3.01. The lowest BCUT2D eigenvalue weighted by atomic mass is 10.3. The smallest absolute Gasteiger partial charge is 0.205 e. The summed E-state index contributed by atoms with van der Waals surface area (Å²) in [5.74, 6) is 0. The highest BCUT2D eigenvalue weighted by Crippen LogP contribution is 2.19. The van der Waals surface area contributed by atoms with Gasteiger partial charge in [-0.3, -0.25) is 0 Å². The van der Waals surface area contributed by atoms with E-state index in [-0.39, 0.29) is 6.04 Å². The van der Waals surface area contributed by atoms with E-state index < -0.39 is 25.4 Å². The van der Waals surface area contributed by atoms with Crippen LogP contribution in [0, 0.1) is 0 Å². The standard InChI is InChI=1S/C9H17N5O4S2/c1-13(2)20(17,18)14-7-10-9(11-14)19(15,16)12-8-5-3-4-6-8/h7-8,12H,3-6H2,1-2H3. The molecule has 1 aliphatic rings. The first-order chi connectivity index (χ1) is 9.23. The van der Waals surface area contributed by atoms with Gasteiger partial charge in [-0.2, -0.15) is 12.7 Å². The molecule has 9 nitrogen and oxygen atoms in total. The molecule has 0 saturated heterocycles. The van der Waals surface area contributed by atoms with Gasteiger partial charge < -0.3 is 0 Å². The van der Waals surface area contributed by atoms with Crippen LogP contribution in [0.3, 0.4) is 0 Å². The molecule has 1 aliphatic carbocycles. The Balaban J connectivity index is 2.24. The Hall–Kier alpha value is -1.04. The van der Waals surface area contributed by atoms with Crippen LogP contribution in [0.2, 0.25) is 0 Å². The van der Waals surface area contributed by atoms with Gasteiger partial charge in [-0.15, -0.1) is 9.19 Å². The molecule has 0 atom stereocenters. The van der Waals surface area contributed by atoms with E-state index in [1.165, 1.54) is 14.1 Å². The van der Waals surface area contributed by atoms with Crippen LogP contribution in [0.15, 0.2) is 11.5 Å². The Kier molecular flexibility index (Phi) is 4.14. The van der Waals surface area contributed by atoms with Gasteiger partial charge in [0.05, 0.1) is 0 Å². The lowest BCUT2D eigenvalue weighted by molar-refractivity contribution is 0.501. The van der Waals surface area contributed by atoms with Crippen molar-refractivity contribution in [2.75, 3.05) is 14.1 Å². The SMILES string of the molecule is CN(C)S(=O)(=O)n1cnc(S(=O)(=O)NC2CCCC2)n1. The molecule has 0 amide bonds. The van der Waals surface area contributed by atoms with Crippen LogP contribution in [-0.4, -0.2) is 55.4 Å². The third kappa shape index (κ3) is 3.00. The number of aromatic nitrogens is 3. The fourth-order valence-corrected chi connectivity index (χ4v) is 3.85. The van der Waals surface area contributed by atoms with Crippen molar-refractivity contribution in [2.45, 2.75) is 36.9 Å².